The van der Waals surface area contributed by atoms with Crippen LogP contribution in [0.5, 0.6) is 0 Å². The van der Waals surface area contributed by atoms with Gasteiger partial charge in [0, 0.05) is 19.4 Å². The third kappa shape index (κ3) is 5.88. The number of rotatable bonds is 5. The number of carbonyl (C=O) groups excluding carboxylic acids is 1. The summed E-state index contributed by atoms with van der Waals surface area (Å²) in [6, 6.07) is 9.63. The van der Waals surface area contributed by atoms with E-state index >= 15 is 0 Å². The summed E-state index contributed by atoms with van der Waals surface area (Å²) in [5.74, 6) is -0.229. The first-order valence-electron chi connectivity index (χ1n) is 6.28. The average molecular weight is 319 g/mol. The average Bonchev–Trinajstić information content (AvgIpc) is 2.84. The molecule has 0 radical (unpaired) electrons. The number of aliphatic imine (C=N–C) groups is 1. The third-order valence-corrected chi connectivity index (χ3v) is 3.73. The topological polar surface area (TPSA) is 87.0 Å². The van der Waals surface area contributed by atoms with Gasteiger partial charge in [0.2, 0.25) is 5.91 Å². The molecule has 1 heterocycles. The molecule has 0 spiro atoms. The predicted molar refractivity (Wildman–Crippen MR) is 75.2 cm³/mol. The summed E-state index contributed by atoms with van der Waals surface area (Å²) in [7, 11) is -4.11. The standard InChI is InChI=1S/C13H16N2O4S.Na/c16-13(6-9-20(17,18)19)15-8-7-14-12(15)10-11-4-2-1-3-5-11;/h1-5H,6-10H2,(H,17,18,19);/q;+1. The van der Waals surface area contributed by atoms with Gasteiger partial charge in [-0.2, -0.15) is 8.42 Å². The number of amides is 1. The minimum atomic E-state index is -4.11. The third-order valence-electron chi connectivity index (χ3n) is 3.01. The van der Waals surface area contributed by atoms with Crippen molar-refractivity contribution in [3.05, 3.63) is 35.9 Å². The molecule has 0 unspecified atom stereocenters. The number of hydrogen-bond donors (Lipinski definition) is 1. The summed E-state index contributed by atoms with van der Waals surface area (Å²) in [6.45, 7) is 0.992. The van der Waals surface area contributed by atoms with E-state index in [2.05, 4.69) is 4.99 Å². The van der Waals surface area contributed by atoms with E-state index in [4.69, 9.17) is 4.55 Å². The molecule has 21 heavy (non-hydrogen) atoms. The monoisotopic (exact) mass is 319 g/mol. The van der Waals surface area contributed by atoms with Gasteiger partial charge in [0.1, 0.15) is 5.84 Å². The van der Waals surface area contributed by atoms with Crippen LogP contribution < -0.4 is 29.6 Å². The van der Waals surface area contributed by atoms with E-state index in [-0.39, 0.29) is 41.9 Å². The maximum atomic E-state index is 12.0. The van der Waals surface area contributed by atoms with Crippen LogP contribution in [0, 0.1) is 0 Å². The van der Waals surface area contributed by atoms with Crippen molar-refractivity contribution in [3.63, 3.8) is 0 Å². The van der Waals surface area contributed by atoms with Crippen molar-refractivity contribution >= 4 is 21.9 Å². The normalized spacial score (nSPS) is 14.5. The van der Waals surface area contributed by atoms with Crippen LogP contribution >= 0.6 is 0 Å². The number of carbonyl (C=O) groups is 1. The van der Waals surface area contributed by atoms with Crippen LogP contribution in [0.1, 0.15) is 12.0 Å². The van der Waals surface area contributed by atoms with Crippen LogP contribution in [0.2, 0.25) is 0 Å². The molecule has 0 fully saturated rings. The van der Waals surface area contributed by atoms with Gasteiger partial charge in [-0.1, -0.05) is 30.3 Å². The first-order chi connectivity index (χ1) is 9.46. The first kappa shape index (κ1) is 18.3. The minimum absolute atomic E-state index is 0. The molecular formula is C13H16N2NaO4S+. The van der Waals surface area contributed by atoms with E-state index in [0.717, 1.165) is 5.56 Å². The van der Waals surface area contributed by atoms with Gasteiger partial charge >= 0.3 is 29.6 Å². The largest absolute Gasteiger partial charge is 1.00 e. The van der Waals surface area contributed by atoms with Gasteiger partial charge in [0.05, 0.1) is 12.3 Å². The fourth-order valence-corrected chi connectivity index (χ4v) is 2.48. The van der Waals surface area contributed by atoms with E-state index in [9.17, 15) is 13.2 Å². The zero-order chi connectivity index (χ0) is 14.6. The number of hydrogen-bond acceptors (Lipinski definition) is 4. The summed E-state index contributed by atoms with van der Waals surface area (Å²) < 4.78 is 30.0. The van der Waals surface area contributed by atoms with Crippen molar-refractivity contribution in [2.45, 2.75) is 12.8 Å². The zero-order valence-corrected chi connectivity index (χ0v) is 14.7. The molecule has 108 valence electrons. The molecule has 1 N–H and O–H groups in total. The first-order valence-corrected chi connectivity index (χ1v) is 7.89. The summed E-state index contributed by atoms with van der Waals surface area (Å²) in [4.78, 5) is 17.7. The van der Waals surface area contributed by atoms with Crippen LogP contribution in [0.3, 0.4) is 0 Å². The predicted octanol–water partition coefficient (Wildman–Crippen LogP) is -2.25. The van der Waals surface area contributed by atoms with Gasteiger partial charge in [-0.05, 0) is 5.56 Å². The van der Waals surface area contributed by atoms with Crippen LogP contribution in [-0.4, -0.2) is 48.5 Å². The molecule has 2 rings (SSSR count). The maximum absolute atomic E-state index is 12.0. The Kier molecular flexibility index (Phi) is 7.02. The van der Waals surface area contributed by atoms with Gasteiger partial charge in [0.25, 0.3) is 10.1 Å². The van der Waals surface area contributed by atoms with Crippen molar-refractivity contribution in [2.75, 3.05) is 18.8 Å². The summed E-state index contributed by atoms with van der Waals surface area (Å²) in [5.41, 5.74) is 1.04. The molecule has 0 saturated heterocycles. The Labute approximate surface area is 146 Å². The Morgan fingerprint density at radius 1 is 1.29 bits per heavy atom. The van der Waals surface area contributed by atoms with Crippen LogP contribution in [0.25, 0.3) is 0 Å². The number of nitrogens with zero attached hydrogens (tertiary/aromatic N) is 2. The Bertz CT molecular complexity index is 616. The van der Waals surface area contributed by atoms with E-state index in [0.29, 0.717) is 25.3 Å². The number of amidine groups is 1. The molecular weight excluding hydrogens is 303 g/mol. The van der Waals surface area contributed by atoms with Crippen molar-refractivity contribution in [3.8, 4) is 0 Å². The van der Waals surface area contributed by atoms with Gasteiger partial charge in [-0.15, -0.1) is 0 Å². The van der Waals surface area contributed by atoms with Crippen molar-refractivity contribution in [1.82, 2.24) is 4.90 Å². The molecule has 1 amide bonds. The molecule has 0 aromatic heterocycles. The molecule has 0 saturated carbocycles. The van der Waals surface area contributed by atoms with Gasteiger partial charge in [-0.3, -0.25) is 19.2 Å². The molecule has 1 aromatic carbocycles. The number of benzene rings is 1. The van der Waals surface area contributed by atoms with Crippen LogP contribution in [0.15, 0.2) is 35.3 Å². The van der Waals surface area contributed by atoms with Crippen molar-refractivity contribution in [2.24, 2.45) is 4.99 Å². The summed E-state index contributed by atoms with van der Waals surface area (Å²) in [6.07, 6.45) is 0.311. The molecule has 0 atom stereocenters. The molecule has 1 aliphatic rings. The zero-order valence-electron chi connectivity index (χ0n) is 11.9. The van der Waals surface area contributed by atoms with Gasteiger partial charge in [0.15, 0.2) is 0 Å². The van der Waals surface area contributed by atoms with E-state index in [1.807, 2.05) is 30.3 Å². The Morgan fingerprint density at radius 2 is 1.95 bits per heavy atom. The van der Waals surface area contributed by atoms with E-state index < -0.39 is 15.9 Å². The Hall–Kier alpha value is -0.730. The van der Waals surface area contributed by atoms with E-state index in [1.54, 1.807) is 0 Å². The Morgan fingerprint density at radius 3 is 2.57 bits per heavy atom. The van der Waals surface area contributed by atoms with Crippen LogP contribution in [-0.2, 0) is 21.3 Å². The second-order valence-electron chi connectivity index (χ2n) is 4.54. The van der Waals surface area contributed by atoms with Gasteiger partial charge in [-0.25, -0.2) is 0 Å². The smallest absolute Gasteiger partial charge is 0.298 e. The Balaban J connectivity index is 0.00000220. The van der Waals surface area contributed by atoms with E-state index in [1.165, 1.54) is 4.90 Å². The minimum Gasteiger partial charge on any atom is -0.298 e. The van der Waals surface area contributed by atoms with Crippen molar-refractivity contribution < 1.29 is 47.3 Å². The molecule has 6 nitrogen and oxygen atoms in total. The SMILES string of the molecule is O=C(CCS(=O)(=O)O)N1CCN=C1Cc1ccccc1.[Na+]. The molecule has 1 aromatic rings. The molecule has 0 bridgehead atoms. The summed E-state index contributed by atoms with van der Waals surface area (Å²) in [5, 5.41) is 0. The second-order valence-corrected chi connectivity index (χ2v) is 6.11. The quantitative estimate of drug-likeness (QED) is 0.491. The fourth-order valence-electron chi connectivity index (χ4n) is 2.04. The maximum Gasteiger partial charge on any atom is 1.00 e. The molecule has 0 aliphatic carbocycles. The summed E-state index contributed by atoms with van der Waals surface area (Å²) >= 11 is 0. The molecule has 8 heteroatoms. The van der Waals surface area contributed by atoms with Gasteiger partial charge < -0.3 is 0 Å². The van der Waals surface area contributed by atoms with Crippen LogP contribution in [0.4, 0.5) is 0 Å². The second kappa shape index (κ2) is 8.05. The molecule has 1 aliphatic heterocycles. The fraction of sp³-hybridized carbons (Fsp3) is 0.385. The van der Waals surface area contributed by atoms with Crippen molar-refractivity contribution in [1.29, 1.82) is 0 Å².